The molecule has 0 radical (unpaired) electrons. The van der Waals surface area contributed by atoms with E-state index in [9.17, 15) is 9.18 Å². The van der Waals surface area contributed by atoms with E-state index in [0.717, 1.165) is 29.6 Å². The van der Waals surface area contributed by atoms with Crippen molar-refractivity contribution < 1.29 is 4.39 Å². The minimum absolute atomic E-state index is 0.0609. The Balaban J connectivity index is 1.45. The van der Waals surface area contributed by atoms with E-state index in [4.69, 9.17) is 5.26 Å². The van der Waals surface area contributed by atoms with Gasteiger partial charge < -0.3 is 9.88 Å². The highest BCUT2D eigenvalue weighted by Gasteiger charge is 2.20. The summed E-state index contributed by atoms with van der Waals surface area (Å²) in [5.74, 6) is -0.367. The monoisotopic (exact) mass is 362 g/mol. The zero-order valence-electron chi connectivity index (χ0n) is 14.8. The predicted octanol–water partition coefficient (Wildman–Crippen LogP) is 2.86. The van der Waals surface area contributed by atoms with Gasteiger partial charge in [-0.15, -0.1) is 0 Å². The van der Waals surface area contributed by atoms with E-state index in [1.54, 1.807) is 12.1 Å². The van der Waals surface area contributed by atoms with Gasteiger partial charge in [-0.3, -0.25) is 9.69 Å². The Kier molecular flexibility index (Phi) is 4.61. The Bertz CT molecular complexity index is 1080. The van der Waals surface area contributed by atoms with Gasteiger partial charge in [0.2, 0.25) is 0 Å². The van der Waals surface area contributed by atoms with Crippen LogP contribution in [0.5, 0.6) is 0 Å². The normalized spacial score (nSPS) is 15.0. The lowest BCUT2D eigenvalue weighted by Crippen LogP contribution is -2.46. The maximum absolute atomic E-state index is 14.2. The summed E-state index contributed by atoms with van der Waals surface area (Å²) in [7, 11) is 0. The number of rotatable bonds is 3. The summed E-state index contributed by atoms with van der Waals surface area (Å²) in [5, 5.41) is 9.88. The second-order valence-corrected chi connectivity index (χ2v) is 6.75. The van der Waals surface area contributed by atoms with Gasteiger partial charge in [-0.1, -0.05) is 18.2 Å². The van der Waals surface area contributed by atoms with Crippen LogP contribution in [0.3, 0.4) is 0 Å². The first-order valence-corrected chi connectivity index (χ1v) is 8.92. The fraction of sp³-hybridized carbons (Fsp3) is 0.238. The summed E-state index contributed by atoms with van der Waals surface area (Å²) >= 11 is 0. The van der Waals surface area contributed by atoms with E-state index in [0.29, 0.717) is 30.9 Å². The van der Waals surface area contributed by atoms with Gasteiger partial charge >= 0.3 is 0 Å². The maximum atomic E-state index is 14.2. The molecule has 0 atom stereocenters. The Morgan fingerprint density at radius 1 is 1.07 bits per heavy atom. The van der Waals surface area contributed by atoms with Crippen molar-refractivity contribution in [1.29, 1.82) is 5.26 Å². The lowest BCUT2D eigenvalue weighted by molar-refractivity contribution is 0.248. The van der Waals surface area contributed by atoms with Crippen molar-refractivity contribution in [2.75, 3.05) is 31.1 Å². The fourth-order valence-electron chi connectivity index (χ4n) is 3.53. The molecule has 2 heterocycles. The smallest absolute Gasteiger partial charge is 0.252 e. The molecule has 0 bridgehead atoms. The van der Waals surface area contributed by atoms with E-state index in [1.165, 1.54) is 6.07 Å². The molecule has 0 unspecified atom stereocenters. The summed E-state index contributed by atoms with van der Waals surface area (Å²) in [5.41, 5.74) is 2.37. The molecule has 6 heteroatoms. The first-order valence-electron chi connectivity index (χ1n) is 8.92. The number of anilines is 1. The SMILES string of the molecule is N#Cc1ccc(N2CCN(Cc3cc4ccccc4[nH]c3=O)CC2)c(F)c1. The quantitative estimate of drug-likeness (QED) is 0.778. The molecule has 1 aliphatic rings. The standard InChI is InChI=1S/C21H19FN4O/c22-18-11-15(13-23)5-6-20(18)26-9-7-25(8-10-26)14-17-12-16-3-1-2-4-19(16)24-21(17)27/h1-6,11-12H,7-10,14H2,(H,24,27). The van der Waals surface area contributed by atoms with Gasteiger partial charge in [-0.2, -0.15) is 5.26 Å². The Hall–Kier alpha value is -3.17. The Morgan fingerprint density at radius 2 is 1.85 bits per heavy atom. The molecule has 1 aromatic heterocycles. The summed E-state index contributed by atoms with van der Waals surface area (Å²) < 4.78 is 14.2. The molecule has 5 nitrogen and oxygen atoms in total. The molecule has 2 aromatic carbocycles. The van der Waals surface area contributed by atoms with Gasteiger partial charge in [0.15, 0.2) is 0 Å². The molecule has 0 amide bonds. The number of pyridine rings is 1. The van der Waals surface area contributed by atoms with Gasteiger partial charge in [-0.25, -0.2) is 4.39 Å². The number of nitriles is 1. The first kappa shape index (κ1) is 17.3. The number of H-pyrrole nitrogens is 1. The number of piperazine rings is 1. The third-order valence-electron chi connectivity index (χ3n) is 5.01. The highest BCUT2D eigenvalue weighted by Crippen LogP contribution is 2.22. The van der Waals surface area contributed by atoms with E-state index < -0.39 is 0 Å². The molecule has 0 saturated carbocycles. The molecule has 4 rings (SSSR count). The van der Waals surface area contributed by atoms with Crippen LogP contribution in [0.4, 0.5) is 10.1 Å². The minimum Gasteiger partial charge on any atom is -0.367 e. The van der Waals surface area contributed by atoms with Crippen molar-refractivity contribution in [3.8, 4) is 6.07 Å². The minimum atomic E-state index is -0.367. The van der Waals surface area contributed by atoms with Crippen LogP contribution in [0.1, 0.15) is 11.1 Å². The number of nitrogens with zero attached hydrogens (tertiary/aromatic N) is 3. The largest absolute Gasteiger partial charge is 0.367 e. The molecule has 0 spiro atoms. The van der Waals surface area contributed by atoms with Gasteiger partial charge in [0.25, 0.3) is 5.56 Å². The number of aromatic amines is 1. The topological polar surface area (TPSA) is 63.1 Å². The lowest BCUT2D eigenvalue weighted by atomic mass is 10.1. The zero-order chi connectivity index (χ0) is 18.8. The molecule has 1 aliphatic heterocycles. The highest BCUT2D eigenvalue weighted by molar-refractivity contribution is 5.78. The lowest BCUT2D eigenvalue weighted by Gasteiger charge is -2.36. The van der Waals surface area contributed by atoms with Crippen LogP contribution in [0.25, 0.3) is 10.9 Å². The fourth-order valence-corrected chi connectivity index (χ4v) is 3.53. The number of hydrogen-bond acceptors (Lipinski definition) is 4. The first-order chi connectivity index (χ1) is 13.1. The van der Waals surface area contributed by atoms with Crippen LogP contribution in [-0.4, -0.2) is 36.1 Å². The molecular weight excluding hydrogens is 343 g/mol. The van der Waals surface area contributed by atoms with Crippen LogP contribution in [0.15, 0.2) is 53.3 Å². The van der Waals surface area contributed by atoms with Crippen molar-refractivity contribution in [3.63, 3.8) is 0 Å². The van der Waals surface area contributed by atoms with Crippen LogP contribution >= 0.6 is 0 Å². The van der Waals surface area contributed by atoms with Gasteiger partial charge in [-0.05, 0) is 35.7 Å². The van der Waals surface area contributed by atoms with Crippen LogP contribution in [0, 0.1) is 17.1 Å². The van der Waals surface area contributed by atoms with Crippen molar-refractivity contribution in [2.45, 2.75) is 6.54 Å². The highest BCUT2D eigenvalue weighted by atomic mass is 19.1. The van der Waals surface area contributed by atoms with Crippen LogP contribution in [-0.2, 0) is 6.54 Å². The maximum Gasteiger partial charge on any atom is 0.252 e. The summed E-state index contributed by atoms with van der Waals surface area (Å²) in [6.07, 6.45) is 0. The number of halogens is 1. The molecule has 1 N–H and O–H groups in total. The van der Waals surface area contributed by atoms with E-state index >= 15 is 0 Å². The van der Waals surface area contributed by atoms with Crippen molar-refractivity contribution in [2.24, 2.45) is 0 Å². The predicted molar refractivity (Wildman–Crippen MR) is 103 cm³/mol. The second kappa shape index (κ2) is 7.22. The van der Waals surface area contributed by atoms with E-state index in [-0.39, 0.29) is 11.4 Å². The Morgan fingerprint density at radius 3 is 2.59 bits per heavy atom. The van der Waals surface area contributed by atoms with Crippen molar-refractivity contribution >= 4 is 16.6 Å². The van der Waals surface area contributed by atoms with E-state index in [1.807, 2.05) is 41.3 Å². The number of nitrogens with one attached hydrogen (secondary N) is 1. The van der Waals surface area contributed by atoms with Crippen molar-refractivity contribution in [1.82, 2.24) is 9.88 Å². The molecule has 136 valence electrons. The summed E-state index contributed by atoms with van der Waals surface area (Å²) in [6.45, 7) is 3.41. The summed E-state index contributed by atoms with van der Waals surface area (Å²) in [6, 6.07) is 16.2. The molecule has 1 fully saturated rings. The summed E-state index contributed by atoms with van der Waals surface area (Å²) in [4.78, 5) is 19.5. The number of aromatic nitrogens is 1. The van der Waals surface area contributed by atoms with Gasteiger partial charge in [0.05, 0.1) is 17.3 Å². The number of fused-ring (bicyclic) bond motifs is 1. The third-order valence-corrected chi connectivity index (χ3v) is 5.01. The molecule has 1 saturated heterocycles. The van der Waals surface area contributed by atoms with Gasteiger partial charge in [0.1, 0.15) is 5.82 Å². The van der Waals surface area contributed by atoms with Crippen LogP contribution < -0.4 is 10.5 Å². The average molecular weight is 362 g/mol. The number of hydrogen-bond donors (Lipinski definition) is 1. The molecule has 0 aliphatic carbocycles. The average Bonchev–Trinajstić information content (AvgIpc) is 2.69. The molecule has 3 aromatic rings. The van der Waals surface area contributed by atoms with E-state index in [2.05, 4.69) is 9.88 Å². The van der Waals surface area contributed by atoms with Crippen molar-refractivity contribution in [3.05, 3.63) is 75.8 Å². The second-order valence-electron chi connectivity index (χ2n) is 6.75. The zero-order valence-corrected chi connectivity index (χ0v) is 14.8. The molecular formula is C21H19FN4O. The third kappa shape index (κ3) is 3.55. The molecule has 27 heavy (non-hydrogen) atoms. The Labute approximate surface area is 156 Å². The van der Waals surface area contributed by atoms with Crippen LogP contribution in [0.2, 0.25) is 0 Å². The number of benzene rings is 2. The van der Waals surface area contributed by atoms with Gasteiger partial charge in [0, 0.05) is 43.8 Å². The number of para-hydroxylation sites is 1.